The van der Waals surface area contributed by atoms with Crippen LogP contribution in [-0.2, 0) is 11.3 Å². The Labute approximate surface area is 113 Å². The molecule has 19 heavy (non-hydrogen) atoms. The van der Waals surface area contributed by atoms with Crippen molar-refractivity contribution in [2.24, 2.45) is 0 Å². The molecule has 0 aromatic carbocycles. The largest absolute Gasteiger partial charge is 0.383 e. The third kappa shape index (κ3) is 3.48. The van der Waals surface area contributed by atoms with Crippen LogP contribution in [0.25, 0.3) is 0 Å². The molecule has 2 heterocycles. The highest BCUT2D eigenvalue weighted by Gasteiger charge is 2.13. The first kappa shape index (κ1) is 13.4. The number of carbonyl (C=O) groups excluding carboxylic acids is 1. The Morgan fingerprint density at radius 2 is 2.37 bits per heavy atom. The van der Waals surface area contributed by atoms with E-state index >= 15 is 0 Å². The maximum absolute atomic E-state index is 11.9. The monoisotopic (exact) mass is 282 g/mol. The van der Waals surface area contributed by atoms with Crippen LogP contribution in [0.4, 0.5) is 10.8 Å². The van der Waals surface area contributed by atoms with E-state index in [1.807, 2.05) is 0 Å². The first-order valence-corrected chi connectivity index (χ1v) is 6.38. The highest BCUT2D eigenvalue weighted by molar-refractivity contribution is 7.17. The summed E-state index contributed by atoms with van der Waals surface area (Å²) < 4.78 is 6.64. The van der Waals surface area contributed by atoms with Gasteiger partial charge in [0.15, 0.2) is 0 Å². The van der Waals surface area contributed by atoms with E-state index in [-0.39, 0.29) is 5.91 Å². The molecule has 2 aromatic rings. The van der Waals surface area contributed by atoms with Gasteiger partial charge in [-0.1, -0.05) is 11.3 Å². The van der Waals surface area contributed by atoms with Crippen LogP contribution in [0, 0.1) is 0 Å². The lowest BCUT2D eigenvalue weighted by atomic mass is 10.5. The van der Waals surface area contributed by atoms with Gasteiger partial charge in [0.1, 0.15) is 0 Å². The first-order valence-electron chi connectivity index (χ1n) is 5.57. The molecule has 102 valence electrons. The number of aromatic nitrogens is 4. The number of anilines is 2. The van der Waals surface area contributed by atoms with Crippen LogP contribution in [0.15, 0.2) is 12.4 Å². The van der Waals surface area contributed by atoms with Gasteiger partial charge in [-0.25, -0.2) is 0 Å². The third-order valence-electron chi connectivity index (χ3n) is 2.25. The number of nitrogens with one attached hydrogen (secondary N) is 2. The Morgan fingerprint density at radius 1 is 1.53 bits per heavy atom. The molecule has 2 N–H and O–H groups in total. The van der Waals surface area contributed by atoms with Crippen molar-refractivity contribution >= 4 is 28.1 Å². The molecular weight excluding hydrogens is 268 g/mol. The van der Waals surface area contributed by atoms with Crippen molar-refractivity contribution in [1.82, 2.24) is 20.0 Å². The summed E-state index contributed by atoms with van der Waals surface area (Å²) in [5.74, 6) is -0.301. The van der Waals surface area contributed by atoms with E-state index in [1.54, 1.807) is 31.2 Å². The topological polar surface area (TPSA) is 94.0 Å². The van der Waals surface area contributed by atoms with Crippen LogP contribution >= 0.6 is 11.3 Å². The van der Waals surface area contributed by atoms with E-state index in [2.05, 4.69) is 25.9 Å². The second-order valence-electron chi connectivity index (χ2n) is 3.60. The average molecular weight is 282 g/mol. The number of ether oxygens (including phenoxy) is 1. The second kappa shape index (κ2) is 6.25. The molecule has 9 heteroatoms. The van der Waals surface area contributed by atoms with Crippen LogP contribution in [0.2, 0.25) is 0 Å². The van der Waals surface area contributed by atoms with Gasteiger partial charge >= 0.3 is 0 Å². The van der Waals surface area contributed by atoms with Crippen LogP contribution in [-0.4, -0.2) is 46.6 Å². The lowest BCUT2D eigenvalue weighted by Gasteiger charge is -1.99. The summed E-state index contributed by atoms with van der Waals surface area (Å²) in [6, 6.07) is 0. The molecule has 0 aliphatic carbocycles. The molecule has 2 aromatic heterocycles. The summed E-state index contributed by atoms with van der Waals surface area (Å²) in [6.07, 6.45) is 3.31. The van der Waals surface area contributed by atoms with Crippen LogP contribution in [0.1, 0.15) is 9.80 Å². The van der Waals surface area contributed by atoms with Crippen molar-refractivity contribution in [3.05, 3.63) is 17.4 Å². The minimum atomic E-state index is -0.301. The molecule has 0 aliphatic heterocycles. The zero-order valence-corrected chi connectivity index (χ0v) is 11.4. The summed E-state index contributed by atoms with van der Waals surface area (Å²) in [5.41, 5.74) is 0.613. The van der Waals surface area contributed by atoms with E-state index < -0.39 is 0 Å². The molecule has 0 saturated carbocycles. The van der Waals surface area contributed by atoms with Crippen molar-refractivity contribution in [3.63, 3.8) is 0 Å². The Hall–Kier alpha value is -2.00. The molecule has 0 spiro atoms. The highest BCUT2D eigenvalue weighted by atomic mass is 32.1. The van der Waals surface area contributed by atoms with E-state index in [9.17, 15) is 4.79 Å². The quantitative estimate of drug-likeness (QED) is 0.809. The lowest BCUT2D eigenvalue weighted by Crippen LogP contribution is -2.11. The van der Waals surface area contributed by atoms with Crippen molar-refractivity contribution in [2.45, 2.75) is 6.54 Å². The fourth-order valence-electron chi connectivity index (χ4n) is 1.34. The Kier molecular flexibility index (Phi) is 4.42. The van der Waals surface area contributed by atoms with Crippen molar-refractivity contribution in [3.8, 4) is 0 Å². The molecular formula is C10H14N6O2S. The number of hydrogen-bond acceptors (Lipinski definition) is 7. The highest BCUT2D eigenvalue weighted by Crippen LogP contribution is 2.16. The SMILES string of the molecule is CNc1nnc(C(=O)Nc2cnn(CCOC)c2)s1. The van der Waals surface area contributed by atoms with Crippen LogP contribution in [0.5, 0.6) is 0 Å². The van der Waals surface area contributed by atoms with Gasteiger partial charge in [0.05, 0.1) is 25.0 Å². The van der Waals surface area contributed by atoms with Gasteiger partial charge in [0.25, 0.3) is 5.91 Å². The van der Waals surface area contributed by atoms with E-state index in [0.717, 1.165) is 0 Å². The lowest BCUT2D eigenvalue weighted by molar-refractivity contribution is 0.102. The minimum Gasteiger partial charge on any atom is -0.383 e. The number of amides is 1. The number of nitrogens with zero attached hydrogens (tertiary/aromatic N) is 4. The van der Waals surface area contributed by atoms with E-state index in [1.165, 1.54) is 11.3 Å². The van der Waals surface area contributed by atoms with Crippen molar-refractivity contribution in [2.75, 3.05) is 31.4 Å². The summed E-state index contributed by atoms with van der Waals surface area (Å²) >= 11 is 1.19. The van der Waals surface area contributed by atoms with E-state index in [4.69, 9.17) is 4.74 Å². The second-order valence-corrected chi connectivity index (χ2v) is 4.58. The van der Waals surface area contributed by atoms with Crippen LogP contribution < -0.4 is 10.6 Å². The smallest absolute Gasteiger partial charge is 0.286 e. The molecule has 0 bridgehead atoms. The summed E-state index contributed by atoms with van der Waals surface area (Å²) in [6.45, 7) is 1.20. The normalized spacial score (nSPS) is 10.4. The molecule has 8 nitrogen and oxygen atoms in total. The first-order chi connectivity index (χ1) is 9.22. The standard InChI is InChI=1S/C10H14N6O2S/c1-11-10-15-14-9(19-10)8(17)13-7-5-12-16(6-7)3-4-18-2/h5-6H,3-4H2,1-2H3,(H,11,15)(H,13,17). The number of rotatable bonds is 6. The number of methoxy groups -OCH3 is 1. The van der Waals surface area contributed by atoms with Crippen LogP contribution in [0.3, 0.4) is 0 Å². The predicted molar refractivity (Wildman–Crippen MR) is 71.5 cm³/mol. The molecule has 0 unspecified atom stereocenters. The number of hydrogen-bond donors (Lipinski definition) is 2. The van der Waals surface area contributed by atoms with E-state index in [0.29, 0.717) is 29.0 Å². The third-order valence-corrected chi connectivity index (χ3v) is 3.19. The molecule has 2 rings (SSSR count). The Morgan fingerprint density at radius 3 is 3.05 bits per heavy atom. The van der Waals surface area contributed by atoms with Gasteiger partial charge in [0, 0.05) is 20.4 Å². The van der Waals surface area contributed by atoms with Gasteiger partial charge in [0.2, 0.25) is 10.1 Å². The zero-order chi connectivity index (χ0) is 13.7. The molecule has 0 aliphatic rings. The van der Waals surface area contributed by atoms with Gasteiger partial charge in [-0.15, -0.1) is 10.2 Å². The maximum atomic E-state index is 11.9. The van der Waals surface area contributed by atoms with Crippen molar-refractivity contribution in [1.29, 1.82) is 0 Å². The van der Waals surface area contributed by atoms with Gasteiger partial charge in [-0.2, -0.15) is 5.10 Å². The molecule has 0 saturated heterocycles. The molecule has 0 radical (unpaired) electrons. The molecule has 1 amide bonds. The Balaban J connectivity index is 1.96. The fourth-order valence-corrected chi connectivity index (χ4v) is 1.93. The zero-order valence-electron chi connectivity index (χ0n) is 10.6. The Bertz CT molecular complexity index is 552. The van der Waals surface area contributed by atoms with Gasteiger partial charge in [-0.3, -0.25) is 9.48 Å². The predicted octanol–water partition coefficient (Wildman–Crippen LogP) is 0.675. The summed E-state index contributed by atoms with van der Waals surface area (Å²) in [5, 5.41) is 18.1. The maximum Gasteiger partial charge on any atom is 0.286 e. The number of carbonyl (C=O) groups is 1. The van der Waals surface area contributed by atoms with Crippen molar-refractivity contribution < 1.29 is 9.53 Å². The molecule has 0 fully saturated rings. The van der Waals surface area contributed by atoms with Gasteiger partial charge < -0.3 is 15.4 Å². The average Bonchev–Trinajstić information content (AvgIpc) is 3.05. The summed E-state index contributed by atoms with van der Waals surface area (Å²) in [7, 11) is 3.35. The van der Waals surface area contributed by atoms with Gasteiger partial charge in [-0.05, 0) is 0 Å². The summed E-state index contributed by atoms with van der Waals surface area (Å²) in [4.78, 5) is 11.9. The fraction of sp³-hybridized carbons (Fsp3) is 0.400. The minimum absolute atomic E-state index is 0.300. The molecule has 0 atom stereocenters.